The van der Waals surface area contributed by atoms with Crippen molar-refractivity contribution in [1.82, 2.24) is 9.88 Å². The molecular formula is C15H24N4. The summed E-state index contributed by atoms with van der Waals surface area (Å²) in [6.07, 6.45) is 8.99. The number of rotatable bonds is 2. The van der Waals surface area contributed by atoms with Gasteiger partial charge in [0.2, 0.25) is 0 Å². The fraction of sp³-hybridized carbons (Fsp3) is 0.667. The lowest BCUT2D eigenvalue weighted by Gasteiger charge is -2.41. The van der Waals surface area contributed by atoms with Gasteiger partial charge < -0.3 is 10.6 Å². The molecular weight excluding hydrogens is 236 g/mol. The maximum Gasteiger partial charge on any atom is 0.123 e. The second kappa shape index (κ2) is 5.78. The van der Waals surface area contributed by atoms with E-state index in [1.54, 1.807) is 0 Å². The first-order valence-corrected chi connectivity index (χ1v) is 7.53. The van der Waals surface area contributed by atoms with E-state index >= 15 is 0 Å². The normalized spacial score (nSPS) is 22.6. The number of nitrogens with zero attached hydrogens (tertiary/aromatic N) is 3. The number of hydrogen-bond acceptors (Lipinski definition) is 4. The van der Waals surface area contributed by atoms with Crippen LogP contribution >= 0.6 is 0 Å². The van der Waals surface area contributed by atoms with Crippen molar-refractivity contribution in [3.8, 4) is 0 Å². The number of nitrogen functional groups attached to an aromatic ring is 1. The summed E-state index contributed by atoms with van der Waals surface area (Å²) in [7, 11) is 0. The van der Waals surface area contributed by atoms with Gasteiger partial charge in [-0.3, -0.25) is 4.90 Å². The van der Waals surface area contributed by atoms with Gasteiger partial charge in [0.15, 0.2) is 0 Å². The van der Waals surface area contributed by atoms with E-state index < -0.39 is 0 Å². The summed E-state index contributed by atoms with van der Waals surface area (Å²) in [5, 5.41) is 0. The van der Waals surface area contributed by atoms with Gasteiger partial charge in [0.1, 0.15) is 5.82 Å². The smallest absolute Gasteiger partial charge is 0.123 e. The van der Waals surface area contributed by atoms with Crippen molar-refractivity contribution < 1.29 is 0 Å². The molecule has 0 amide bonds. The van der Waals surface area contributed by atoms with Crippen LogP contribution < -0.4 is 10.6 Å². The minimum atomic E-state index is 0.601. The standard InChI is InChI=1S/C15H24N4/c16-15-7-6-14(12-17-15)19-10-8-18(9-11-19)13-4-2-1-3-5-13/h6-7,12-13H,1-5,8-11H2,(H2,16,17). The Hall–Kier alpha value is -1.29. The van der Waals surface area contributed by atoms with Crippen LogP contribution in [0.2, 0.25) is 0 Å². The lowest BCUT2D eigenvalue weighted by molar-refractivity contribution is 0.148. The predicted octanol–water partition coefficient (Wildman–Crippen LogP) is 2.12. The molecule has 1 aromatic heterocycles. The van der Waals surface area contributed by atoms with Gasteiger partial charge in [0.05, 0.1) is 11.9 Å². The molecule has 0 atom stereocenters. The van der Waals surface area contributed by atoms with E-state index in [1.165, 1.54) is 50.9 Å². The molecule has 1 aliphatic carbocycles. The molecule has 4 heteroatoms. The minimum absolute atomic E-state index is 0.601. The molecule has 0 radical (unpaired) electrons. The zero-order valence-corrected chi connectivity index (χ0v) is 11.6. The number of pyridine rings is 1. The Kier molecular flexibility index (Phi) is 3.87. The van der Waals surface area contributed by atoms with Crippen LogP contribution in [0.25, 0.3) is 0 Å². The number of hydrogen-bond donors (Lipinski definition) is 1. The maximum absolute atomic E-state index is 5.64. The molecule has 1 saturated carbocycles. The first-order chi connectivity index (χ1) is 9.33. The summed E-state index contributed by atoms with van der Waals surface area (Å²) in [5.74, 6) is 0.601. The van der Waals surface area contributed by atoms with Gasteiger partial charge in [0.25, 0.3) is 0 Å². The summed E-state index contributed by atoms with van der Waals surface area (Å²) in [6, 6.07) is 4.82. The number of piperazine rings is 1. The molecule has 4 nitrogen and oxygen atoms in total. The van der Waals surface area contributed by atoms with Crippen molar-refractivity contribution in [2.24, 2.45) is 0 Å². The third-order valence-corrected chi connectivity index (χ3v) is 4.54. The Labute approximate surface area is 115 Å². The van der Waals surface area contributed by atoms with E-state index in [0.717, 1.165) is 19.1 Å². The van der Waals surface area contributed by atoms with Gasteiger partial charge in [-0.2, -0.15) is 0 Å². The van der Waals surface area contributed by atoms with Gasteiger partial charge in [-0.15, -0.1) is 0 Å². The van der Waals surface area contributed by atoms with E-state index in [4.69, 9.17) is 5.73 Å². The molecule has 1 saturated heterocycles. The van der Waals surface area contributed by atoms with Crippen LogP contribution in [0.4, 0.5) is 11.5 Å². The number of aromatic nitrogens is 1. The Balaban J connectivity index is 1.55. The second-order valence-corrected chi connectivity index (χ2v) is 5.76. The SMILES string of the molecule is Nc1ccc(N2CCN(C3CCCCC3)CC2)cn1. The van der Waals surface area contributed by atoms with Crippen molar-refractivity contribution in [3.63, 3.8) is 0 Å². The van der Waals surface area contributed by atoms with Crippen molar-refractivity contribution in [2.45, 2.75) is 38.1 Å². The topological polar surface area (TPSA) is 45.4 Å². The van der Waals surface area contributed by atoms with Gasteiger partial charge >= 0.3 is 0 Å². The van der Waals surface area contributed by atoms with Crippen LogP contribution in [0.1, 0.15) is 32.1 Å². The molecule has 2 aliphatic rings. The van der Waals surface area contributed by atoms with E-state index in [0.29, 0.717) is 5.82 Å². The average molecular weight is 260 g/mol. The van der Waals surface area contributed by atoms with Crippen LogP contribution in [-0.2, 0) is 0 Å². The Morgan fingerprint density at radius 2 is 1.74 bits per heavy atom. The fourth-order valence-corrected chi connectivity index (χ4v) is 3.38. The van der Waals surface area contributed by atoms with E-state index in [1.807, 2.05) is 12.3 Å². The largest absolute Gasteiger partial charge is 0.384 e. The summed E-state index contributed by atoms with van der Waals surface area (Å²) >= 11 is 0. The van der Waals surface area contributed by atoms with E-state index in [2.05, 4.69) is 20.9 Å². The molecule has 2 N–H and O–H groups in total. The van der Waals surface area contributed by atoms with Crippen LogP contribution in [-0.4, -0.2) is 42.1 Å². The maximum atomic E-state index is 5.64. The quantitative estimate of drug-likeness (QED) is 0.884. The lowest BCUT2D eigenvalue weighted by Crippen LogP contribution is -2.50. The molecule has 3 rings (SSSR count). The lowest BCUT2D eigenvalue weighted by atomic mass is 9.94. The summed E-state index contributed by atoms with van der Waals surface area (Å²) < 4.78 is 0. The fourth-order valence-electron chi connectivity index (χ4n) is 3.38. The molecule has 2 heterocycles. The highest BCUT2D eigenvalue weighted by molar-refractivity contribution is 5.48. The van der Waals surface area contributed by atoms with Gasteiger partial charge in [-0.25, -0.2) is 4.98 Å². The molecule has 0 aromatic carbocycles. The van der Waals surface area contributed by atoms with Crippen LogP contribution in [0.3, 0.4) is 0 Å². The third kappa shape index (κ3) is 3.00. The van der Waals surface area contributed by atoms with Gasteiger partial charge in [-0.05, 0) is 25.0 Å². The van der Waals surface area contributed by atoms with Gasteiger partial charge in [0, 0.05) is 32.2 Å². The molecule has 104 valence electrons. The highest BCUT2D eigenvalue weighted by Gasteiger charge is 2.25. The second-order valence-electron chi connectivity index (χ2n) is 5.76. The summed E-state index contributed by atoms with van der Waals surface area (Å²) in [6.45, 7) is 4.61. The first kappa shape index (κ1) is 12.7. The van der Waals surface area contributed by atoms with Crippen LogP contribution in [0, 0.1) is 0 Å². The Morgan fingerprint density at radius 1 is 1.00 bits per heavy atom. The monoisotopic (exact) mass is 260 g/mol. The zero-order valence-electron chi connectivity index (χ0n) is 11.6. The molecule has 2 fully saturated rings. The van der Waals surface area contributed by atoms with Crippen molar-refractivity contribution in [1.29, 1.82) is 0 Å². The summed E-state index contributed by atoms with van der Waals surface area (Å²) in [5.41, 5.74) is 6.84. The highest BCUT2D eigenvalue weighted by Crippen LogP contribution is 2.24. The first-order valence-electron chi connectivity index (χ1n) is 7.53. The number of anilines is 2. The van der Waals surface area contributed by atoms with Crippen LogP contribution in [0.5, 0.6) is 0 Å². The summed E-state index contributed by atoms with van der Waals surface area (Å²) in [4.78, 5) is 9.30. The molecule has 0 bridgehead atoms. The van der Waals surface area contributed by atoms with Gasteiger partial charge in [-0.1, -0.05) is 19.3 Å². The van der Waals surface area contributed by atoms with E-state index in [-0.39, 0.29) is 0 Å². The van der Waals surface area contributed by atoms with Crippen LogP contribution in [0.15, 0.2) is 18.3 Å². The predicted molar refractivity (Wildman–Crippen MR) is 79.3 cm³/mol. The Bertz CT molecular complexity index is 389. The molecule has 0 unspecified atom stereocenters. The highest BCUT2D eigenvalue weighted by atomic mass is 15.3. The molecule has 1 aromatic rings. The third-order valence-electron chi connectivity index (χ3n) is 4.54. The molecule has 19 heavy (non-hydrogen) atoms. The molecule has 1 aliphatic heterocycles. The number of nitrogens with two attached hydrogens (primary N) is 1. The Morgan fingerprint density at radius 3 is 2.37 bits per heavy atom. The zero-order chi connectivity index (χ0) is 13.1. The van der Waals surface area contributed by atoms with E-state index in [9.17, 15) is 0 Å². The van der Waals surface area contributed by atoms with Crippen molar-refractivity contribution in [3.05, 3.63) is 18.3 Å². The van der Waals surface area contributed by atoms with Crippen molar-refractivity contribution >= 4 is 11.5 Å². The van der Waals surface area contributed by atoms with Crippen molar-refractivity contribution in [2.75, 3.05) is 36.8 Å². The molecule has 0 spiro atoms. The average Bonchev–Trinajstić information content (AvgIpc) is 2.49. The minimum Gasteiger partial charge on any atom is -0.384 e.